The van der Waals surface area contributed by atoms with Gasteiger partial charge in [-0.3, -0.25) is 9.78 Å². The van der Waals surface area contributed by atoms with E-state index in [1.54, 1.807) is 13.1 Å². The number of benzene rings is 2. The highest BCUT2D eigenvalue weighted by molar-refractivity contribution is 5.92. The predicted octanol–water partition coefficient (Wildman–Crippen LogP) is 6.78. The van der Waals surface area contributed by atoms with Crippen molar-refractivity contribution in [1.29, 1.82) is 0 Å². The normalized spacial score (nSPS) is 13.3. The molecule has 0 saturated carbocycles. The lowest BCUT2D eigenvalue weighted by molar-refractivity contribution is -0.191. The maximum absolute atomic E-state index is 12.6. The molecule has 7 rings (SSSR count). The van der Waals surface area contributed by atoms with Gasteiger partial charge in [0.25, 0.3) is 0 Å². The molecular weight excluding hydrogens is 697 g/mol. The minimum Gasteiger partial charge on any atom is -0.463 e. The van der Waals surface area contributed by atoms with Crippen LogP contribution in [0.25, 0.3) is 11.0 Å². The van der Waals surface area contributed by atoms with Crippen molar-refractivity contribution in [3.8, 4) is 0 Å². The number of nitrogens with zero attached hydrogens (tertiary/aromatic N) is 2. The first-order valence-corrected chi connectivity index (χ1v) is 18.7. The number of carbonyl (C=O) groups is 2. The summed E-state index contributed by atoms with van der Waals surface area (Å²) in [5.41, 5.74) is 9.79. The van der Waals surface area contributed by atoms with E-state index in [0.717, 1.165) is 55.6 Å². The maximum atomic E-state index is 12.6. The van der Waals surface area contributed by atoms with Gasteiger partial charge in [0.1, 0.15) is 11.1 Å². The molecule has 3 heterocycles. The van der Waals surface area contributed by atoms with Crippen molar-refractivity contribution in [2.75, 3.05) is 18.5 Å². The number of hydrogen-bond acceptors (Lipinski definition) is 10. The summed E-state index contributed by atoms with van der Waals surface area (Å²) in [5.74, 6) is 0.237. The fourth-order valence-electron chi connectivity index (χ4n) is 7.12. The van der Waals surface area contributed by atoms with Crippen molar-refractivity contribution >= 4 is 34.8 Å². The molecule has 2 aromatic carbocycles. The van der Waals surface area contributed by atoms with Crippen LogP contribution in [0.15, 0.2) is 102 Å². The molecule has 5 aromatic rings. The van der Waals surface area contributed by atoms with Crippen molar-refractivity contribution in [1.82, 2.24) is 15.0 Å². The van der Waals surface area contributed by atoms with Crippen LogP contribution < -0.4 is 10.7 Å². The quantitative estimate of drug-likeness (QED) is 0.109. The zero-order valence-electron chi connectivity index (χ0n) is 31.4. The van der Waals surface area contributed by atoms with E-state index in [0.29, 0.717) is 41.5 Å². The van der Waals surface area contributed by atoms with E-state index in [1.807, 2.05) is 38.2 Å². The second-order valence-electron chi connectivity index (χ2n) is 13.5. The molecule has 55 heavy (non-hydrogen) atoms. The molecule has 0 radical (unpaired) electrons. The summed E-state index contributed by atoms with van der Waals surface area (Å²) < 4.78 is 9.99. The molecular formula is C44H46N4O7. The fourth-order valence-corrected chi connectivity index (χ4v) is 7.12. The highest BCUT2D eigenvalue weighted by Gasteiger charge is 2.23. The Morgan fingerprint density at radius 3 is 1.85 bits per heavy atom. The number of carbonyl (C=O) groups excluding carboxylic acids is 4. The summed E-state index contributed by atoms with van der Waals surface area (Å²) in [4.78, 5) is 64.7. The molecule has 0 bridgehead atoms. The number of hydrogen-bond donors (Lipinski definition) is 2. The van der Waals surface area contributed by atoms with Crippen LogP contribution in [0, 0.1) is 11.8 Å². The van der Waals surface area contributed by atoms with Crippen LogP contribution in [0.4, 0.5) is 5.69 Å². The second kappa shape index (κ2) is 19.8. The molecule has 0 atom stereocenters. The van der Waals surface area contributed by atoms with Gasteiger partial charge in [0.05, 0.1) is 36.2 Å². The molecule has 11 nitrogen and oxygen atoms in total. The summed E-state index contributed by atoms with van der Waals surface area (Å²) >= 11 is 0. The second-order valence-corrected chi connectivity index (χ2v) is 13.5. The molecule has 0 fully saturated rings. The van der Waals surface area contributed by atoms with E-state index < -0.39 is 5.97 Å². The molecule has 0 saturated heterocycles. The number of anilines is 1. The van der Waals surface area contributed by atoms with Crippen molar-refractivity contribution in [3.05, 3.63) is 146 Å². The number of ether oxygens (including phenoxy) is 2. The summed E-state index contributed by atoms with van der Waals surface area (Å²) in [5, 5.41) is 3.14. The first-order valence-electron chi connectivity index (χ1n) is 18.7. The van der Waals surface area contributed by atoms with Crippen molar-refractivity contribution < 1.29 is 28.7 Å². The molecule has 2 aliphatic rings. The van der Waals surface area contributed by atoms with Crippen LogP contribution in [-0.2, 0) is 62.4 Å². The summed E-state index contributed by atoms with van der Waals surface area (Å²) in [6, 6.07) is 25.1. The molecule has 2 N–H and O–H groups in total. The Bertz CT molecular complexity index is 2170. The van der Waals surface area contributed by atoms with Gasteiger partial charge < -0.3 is 19.8 Å². The van der Waals surface area contributed by atoms with Gasteiger partial charge in [-0.05, 0) is 117 Å². The molecule has 3 aromatic heterocycles. The smallest absolute Gasteiger partial charge is 0.373 e. The van der Waals surface area contributed by atoms with Gasteiger partial charge in [0.2, 0.25) is 5.43 Å². The van der Waals surface area contributed by atoms with Crippen LogP contribution in [0.1, 0.15) is 71.2 Å². The van der Waals surface area contributed by atoms with Gasteiger partial charge in [-0.2, -0.15) is 9.59 Å². The van der Waals surface area contributed by atoms with E-state index in [1.165, 1.54) is 28.5 Å². The van der Waals surface area contributed by atoms with Gasteiger partial charge in [-0.25, -0.2) is 14.6 Å². The van der Waals surface area contributed by atoms with Crippen molar-refractivity contribution in [2.24, 2.45) is 11.8 Å². The minimum atomic E-state index is -0.617. The summed E-state index contributed by atoms with van der Waals surface area (Å²) in [6.45, 7) is 6.07. The third kappa shape index (κ3) is 10.7. The molecule has 0 unspecified atom stereocenters. The zero-order chi connectivity index (χ0) is 39.2. The Labute approximate surface area is 320 Å². The predicted molar refractivity (Wildman–Crippen MR) is 208 cm³/mol. The van der Waals surface area contributed by atoms with E-state index in [4.69, 9.17) is 19.1 Å². The van der Waals surface area contributed by atoms with Gasteiger partial charge in [0.15, 0.2) is 0 Å². The molecule has 0 spiro atoms. The van der Waals surface area contributed by atoms with Crippen molar-refractivity contribution in [3.63, 3.8) is 0 Å². The number of nitrogens with one attached hydrogen (secondary N) is 2. The van der Waals surface area contributed by atoms with Crippen LogP contribution in [0.3, 0.4) is 0 Å². The fraction of sp³-hybridized carbons (Fsp3) is 0.318. The lowest BCUT2D eigenvalue weighted by atomic mass is 9.99. The lowest BCUT2D eigenvalue weighted by Gasteiger charge is -2.09. The average molecular weight is 743 g/mol. The number of fused-ring (bicyclic) bond motifs is 3. The Morgan fingerprint density at radius 2 is 1.35 bits per heavy atom. The van der Waals surface area contributed by atoms with Gasteiger partial charge >= 0.3 is 18.1 Å². The number of esters is 2. The highest BCUT2D eigenvalue weighted by atomic mass is 16.5. The largest absolute Gasteiger partial charge is 0.463 e. The SMILES string of the molecule is CCOC(=O)/C(=C/Nc1ccc(CC2Cc3ccccc3C2)nc1)CC.CCOC(=O)c1c[nH]c2ccc(CC3Cc4ccccc4C3)nc2c1=O.O=C=O. The van der Waals surface area contributed by atoms with Gasteiger partial charge in [0, 0.05) is 23.8 Å². The number of pyridine rings is 3. The number of rotatable bonds is 11. The molecule has 0 aliphatic heterocycles. The first-order chi connectivity index (χ1) is 26.8. The third-order valence-electron chi connectivity index (χ3n) is 9.70. The molecule has 0 amide bonds. The standard InChI is InChI=1S/C22H26N2O2.C21H20N2O3.CO2/c1-3-17(22(25)26-4-2)14-23-21-10-9-20(24-15-21)13-16-11-18-7-5-6-8-19(18)12-16;1-2-26-21(25)17-12-22-18-8-7-16(23-19(18)20(17)24)11-13-9-14-5-3-4-6-15(14)10-13;2-1-3/h5-10,14-16,23H,3-4,11-13H2,1-2H3;3-8,12-13H,2,9-11H2,1H3,(H,22,24);/b17-14+;;. The van der Waals surface area contributed by atoms with Crippen LogP contribution >= 0.6 is 0 Å². The molecule has 11 heteroatoms. The Hall–Kier alpha value is -6.19. The van der Waals surface area contributed by atoms with Gasteiger partial charge in [-0.1, -0.05) is 55.5 Å². The first kappa shape index (κ1) is 40.0. The third-order valence-corrected chi connectivity index (χ3v) is 9.70. The zero-order valence-corrected chi connectivity index (χ0v) is 31.4. The monoisotopic (exact) mass is 742 g/mol. The summed E-state index contributed by atoms with van der Waals surface area (Å²) in [6.07, 6.45) is 12.0. The molecule has 2 aliphatic carbocycles. The highest BCUT2D eigenvalue weighted by Crippen LogP contribution is 2.30. The van der Waals surface area contributed by atoms with E-state index in [-0.39, 0.29) is 29.7 Å². The lowest BCUT2D eigenvalue weighted by Crippen LogP contribution is -2.19. The van der Waals surface area contributed by atoms with E-state index in [2.05, 4.69) is 74.9 Å². The number of aromatic nitrogens is 3. The number of aromatic amines is 1. The molecule has 284 valence electrons. The minimum absolute atomic E-state index is 0.00253. The number of H-pyrrole nitrogens is 1. The van der Waals surface area contributed by atoms with E-state index >= 15 is 0 Å². The van der Waals surface area contributed by atoms with Gasteiger partial charge in [-0.15, -0.1) is 0 Å². The van der Waals surface area contributed by atoms with Crippen LogP contribution in [0.2, 0.25) is 0 Å². The average Bonchev–Trinajstić information content (AvgIpc) is 3.80. The topological polar surface area (TPSA) is 157 Å². The Morgan fingerprint density at radius 1 is 0.800 bits per heavy atom. The van der Waals surface area contributed by atoms with Crippen LogP contribution in [-0.4, -0.2) is 46.3 Å². The van der Waals surface area contributed by atoms with E-state index in [9.17, 15) is 14.4 Å². The van der Waals surface area contributed by atoms with Crippen LogP contribution in [0.5, 0.6) is 0 Å². The van der Waals surface area contributed by atoms with Crippen molar-refractivity contribution in [2.45, 2.75) is 65.7 Å². The maximum Gasteiger partial charge on any atom is 0.373 e. The Kier molecular flexibility index (Phi) is 14.4. The Balaban J connectivity index is 0.000000197. The summed E-state index contributed by atoms with van der Waals surface area (Å²) in [7, 11) is 0.